The van der Waals surface area contributed by atoms with Crippen LogP contribution in [-0.4, -0.2) is 17.6 Å². The maximum absolute atomic E-state index is 12.6. The van der Waals surface area contributed by atoms with Crippen LogP contribution >= 0.6 is 0 Å². The molecule has 2 aromatic carbocycles. The molecule has 0 bridgehead atoms. The van der Waals surface area contributed by atoms with Gasteiger partial charge in [0.1, 0.15) is 0 Å². The number of hydrogen-bond acceptors (Lipinski definition) is 2. The first-order chi connectivity index (χ1) is 11.2. The summed E-state index contributed by atoms with van der Waals surface area (Å²) in [6, 6.07) is 19.1. The van der Waals surface area contributed by atoms with E-state index in [-0.39, 0.29) is 24.5 Å². The van der Waals surface area contributed by atoms with Crippen molar-refractivity contribution in [2.45, 2.75) is 18.9 Å². The summed E-state index contributed by atoms with van der Waals surface area (Å²) < 4.78 is 0. The fourth-order valence-corrected chi connectivity index (χ4v) is 2.59. The molecule has 3 heteroatoms. The van der Waals surface area contributed by atoms with Crippen molar-refractivity contribution in [2.24, 2.45) is 5.92 Å². The lowest BCUT2D eigenvalue weighted by Gasteiger charge is -2.21. The van der Waals surface area contributed by atoms with Gasteiger partial charge in [0, 0.05) is 5.92 Å². The third kappa shape index (κ3) is 5.08. The lowest BCUT2D eigenvalue weighted by Crippen LogP contribution is -2.36. The zero-order valence-corrected chi connectivity index (χ0v) is 13.2. The van der Waals surface area contributed by atoms with E-state index in [0.29, 0.717) is 12.8 Å². The number of carbonyl (C=O) groups is 1. The van der Waals surface area contributed by atoms with Crippen molar-refractivity contribution < 1.29 is 9.90 Å². The van der Waals surface area contributed by atoms with Crippen LogP contribution in [0.15, 0.2) is 73.3 Å². The topological polar surface area (TPSA) is 49.3 Å². The second-order valence-corrected chi connectivity index (χ2v) is 5.57. The first kappa shape index (κ1) is 17.0. The van der Waals surface area contributed by atoms with E-state index in [1.54, 1.807) is 6.08 Å². The standard InChI is InChI=1S/C20H23NO2/c1-2-9-18(14-16-10-5-3-6-11-16)20(23)21-19(15-22)17-12-7-4-8-13-17/h2-8,10-13,18-19,22H,1,9,14-15H2,(H,21,23)/t18-,19-/m0/s1. The van der Waals surface area contributed by atoms with E-state index < -0.39 is 0 Å². The minimum Gasteiger partial charge on any atom is -0.394 e. The van der Waals surface area contributed by atoms with Crippen LogP contribution in [0, 0.1) is 5.92 Å². The Balaban J connectivity index is 2.06. The van der Waals surface area contributed by atoms with E-state index in [1.165, 1.54) is 0 Å². The van der Waals surface area contributed by atoms with Crippen molar-refractivity contribution in [3.8, 4) is 0 Å². The summed E-state index contributed by atoms with van der Waals surface area (Å²) in [5.41, 5.74) is 2.02. The summed E-state index contributed by atoms with van der Waals surface area (Å²) in [5, 5.41) is 12.5. The predicted octanol–water partition coefficient (Wildman–Crippen LogP) is 3.27. The average Bonchev–Trinajstić information content (AvgIpc) is 2.60. The Labute approximate surface area is 137 Å². The van der Waals surface area contributed by atoms with Gasteiger partial charge in [0.05, 0.1) is 12.6 Å². The highest BCUT2D eigenvalue weighted by Crippen LogP contribution is 2.17. The molecule has 0 aliphatic heterocycles. The Morgan fingerprint density at radius 2 is 1.70 bits per heavy atom. The SMILES string of the molecule is C=CC[C@@H](Cc1ccccc1)C(=O)N[C@@H](CO)c1ccccc1. The minimum atomic E-state index is -0.383. The largest absolute Gasteiger partial charge is 0.394 e. The van der Waals surface area contributed by atoms with E-state index in [9.17, 15) is 9.90 Å². The highest BCUT2D eigenvalue weighted by Gasteiger charge is 2.21. The Hall–Kier alpha value is -2.39. The molecule has 0 aromatic heterocycles. The van der Waals surface area contributed by atoms with Gasteiger partial charge in [-0.2, -0.15) is 0 Å². The van der Waals surface area contributed by atoms with Crippen molar-refractivity contribution in [1.29, 1.82) is 0 Å². The van der Waals surface area contributed by atoms with Gasteiger partial charge in [0.2, 0.25) is 5.91 Å². The molecule has 0 aliphatic carbocycles. The molecule has 2 atom stereocenters. The van der Waals surface area contributed by atoms with Crippen molar-refractivity contribution >= 4 is 5.91 Å². The molecule has 120 valence electrons. The molecule has 0 unspecified atom stereocenters. The summed E-state index contributed by atoms with van der Waals surface area (Å²) >= 11 is 0. The monoisotopic (exact) mass is 309 g/mol. The Bertz CT molecular complexity index is 610. The molecule has 0 fully saturated rings. The van der Waals surface area contributed by atoms with Crippen LogP contribution in [-0.2, 0) is 11.2 Å². The third-order valence-electron chi connectivity index (χ3n) is 3.85. The molecular formula is C20H23NO2. The molecular weight excluding hydrogens is 286 g/mol. The summed E-state index contributed by atoms with van der Waals surface area (Å²) in [5.74, 6) is -0.246. The number of benzene rings is 2. The van der Waals surface area contributed by atoms with Gasteiger partial charge in [-0.25, -0.2) is 0 Å². The second-order valence-electron chi connectivity index (χ2n) is 5.57. The lowest BCUT2D eigenvalue weighted by atomic mass is 9.94. The van der Waals surface area contributed by atoms with Crippen molar-refractivity contribution in [1.82, 2.24) is 5.32 Å². The number of hydrogen-bond donors (Lipinski definition) is 2. The second kappa shape index (κ2) is 8.91. The van der Waals surface area contributed by atoms with E-state index in [1.807, 2.05) is 60.7 Å². The summed E-state index contributed by atoms with van der Waals surface area (Å²) in [7, 11) is 0. The Kier molecular flexibility index (Phi) is 6.57. The van der Waals surface area contributed by atoms with Gasteiger partial charge in [0.15, 0.2) is 0 Å². The normalized spacial score (nSPS) is 13.1. The van der Waals surface area contributed by atoms with Gasteiger partial charge in [-0.3, -0.25) is 4.79 Å². The van der Waals surface area contributed by atoms with Gasteiger partial charge < -0.3 is 10.4 Å². The quantitative estimate of drug-likeness (QED) is 0.735. The zero-order chi connectivity index (χ0) is 16.5. The zero-order valence-electron chi connectivity index (χ0n) is 13.2. The molecule has 23 heavy (non-hydrogen) atoms. The van der Waals surface area contributed by atoms with E-state index in [2.05, 4.69) is 11.9 Å². The number of aliphatic hydroxyl groups is 1. The molecule has 0 spiro atoms. The van der Waals surface area contributed by atoms with Crippen LogP contribution in [0.4, 0.5) is 0 Å². The smallest absolute Gasteiger partial charge is 0.224 e. The fourth-order valence-electron chi connectivity index (χ4n) is 2.59. The fraction of sp³-hybridized carbons (Fsp3) is 0.250. The van der Waals surface area contributed by atoms with Gasteiger partial charge in [-0.1, -0.05) is 66.7 Å². The van der Waals surface area contributed by atoms with Crippen LogP contribution in [0.25, 0.3) is 0 Å². The van der Waals surface area contributed by atoms with Crippen LogP contribution < -0.4 is 5.32 Å². The number of allylic oxidation sites excluding steroid dienone is 1. The molecule has 2 N–H and O–H groups in total. The number of amides is 1. The van der Waals surface area contributed by atoms with Crippen LogP contribution in [0.3, 0.4) is 0 Å². The highest BCUT2D eigenvalue weighted by molar-refractivity contribution is 5.79. The number of nitrogens with one attached hydrogen (secondary N) is 1. The molecule has 0 saturated heterocycles. The maximum atomic E-state index is 12.6. The summed E-state index contributed by atoms with van der Waals surface area (Å²) in [6.07, 6.45) is 3.03. The van der Waals surface area contributed by atoms with Gasteiger partial charge in [-0.05, 0) is 24.0 Å². The van der Waals surface area contributed by atoms with Gasteiger partial charge in [0.25, 0.3) is 0 Å². The van der Waals surface area contributed by atoms with Crippen LogP contribution in [0.2, 0.25) is 0 Å². The molecule has 3 nitrogen and oxygen atoms in total. The summed E-state index contributed by atoms with van der Waals surface area (Å²) in [6.45, 7) is 3.63. The Morgan fingerprint density at radius 1 is 1.09 bits per heavy atom. The molecule has 1 amide bonds. The number of aliphatic hydroxyl groups excluding tert-OH is 1. The molecule has 2 rings (SSSR count). The van der Waals surface area contributed by atoms with Crippen LogP contribution in [0.1, 0.15) is 23.6 Å². The van der Waals surface area contributed by atoms with Gasteiger partial charge >= 0.3 is 0 Å². The van der Waals surface area contributed by atoms with Crippen molar-refractivity contribution in [3.63, 3.8) is 0 Å². The van der Waals surface area contributed by atoms with E-state index in [0.717, 1.165) is 11.1 Å². The van der Waals surface area contributed by atoms with E-state index in [4.69, 9.17) is 0 Å². The number of rotatable bonds is 8. The molecule has 0 radical (unpaired) electrons. The predicted molar refractivity (Wildman–Crippen MR) is 92.9 cm³/mol. The van der Waals surface area contributed by atoms with Crippen molar-refractivity contribution in [3.05, 3.63) is 84.4 Å². The molecule has 0 heterocycles. The molecule has 0 saturated carbocycles. The average molecular weight is 309 g/mol. The van der Waals surface area contributed by atoms with Gasteiger partial charge in [-0.15, -0.1) is 6.58 Å². The van der Waals surface area contributed by atoms with E-state index >= 15 is 0 Å². The number of carbonyl (C=O) groups excluding carboxylic acids is 1. The van der Waals surface area contributed by atoms with Crippen molar-refractivity contribution in [2.75, 3.05) is 6.61 Å². The summed E-state index contributed by atoms with van der Waals surface area (Å²) in [4.78, 5) is 12.6. The Morgan fingerprint density at radius 3 is 2.26 bits per heavy atom. The first-order valence-corrected chi connectivity index (χ1v) is 7.85. The van der Waals surface area contributed by atoms with Crippen LogP contribution in [0.5, 0.6) is 0 Å². The minimum absolute atomic E-state index is 0.0587. The maximum Gasteiger partial charge on any atom is 0.224 e. The molecule has 0 aliphatic rings. The lowest BCUT2D eigenvalue weighted by molar-refractivity contribution is -0.126. The molecule has 2 aromatic rings. The highest BCUT2D eigenvalue weighted by atomic mass is 16.3. The first-order valence-electron chi connectivity index (χ1n) is 7.85. The third-order valence-corrected chi connectivity index (χ3v) is 3.85.